The molecular weight excluding hydrogens is 895 g/mol. The third-order valence-electron chi connectivity index (χ3n) is 11.0. The summed E-state index contributed by atoms with van der Waals surface area (Å²) in [5.74, 6) is -0.547. The van der Waals surface area contributed by atoms with Gasteiger partial charge in [0, 0.05) is 58.6 Å². The first-order chi connectivity index (χ1) is 30.0. The van der Waals surface area contributed by atoms with Gasteiger partial charge in [-0.15, -0.1) is 11.8 Å². The van der Waals surface area contributed by atoms with E-state index in [9.17, 15) is 39.9 Å². The summed E-state index contributed by atoms with van der Waals surface area (Å²) in [5, 5.41) is 12.9. The molecule has 11 nitrogen and oxygen atoms in total. The number of carbonyl (C=O) groups is 1. The van der Waals surface area contributed by atoms with Crippen LogP contribution in [0.3, 0.4) is 0 Å². The van der Waals surface area contributed by atoms with Crippen molar-refractivity contribution in [3.05, 3.63) is 137 Å². The van der Waals surface area contributed by atoms with Gasteiger partial charge in [-0.2, -0.15) is 13.2 Å². The van der Waals surface area contributed by atoms with Gasteiger partial charge in [0.1, 0.15) is 4.90 Å². The lowest BCUT2D eigenvalue weighted by Crippen LogP contribution is -2.37. The molecule has 1 amide bonds. The summed E-state index contributed by atoms with van der Waals surface area (Å²) >= 11 is 7.51. The smallest absolute Gasteiger partial charge is 0.395 e. The molecule has 336 valence electrons. The van der Waals surface area contributed by atoms with Crippen LogP contribution in [0.25, 0.3) is 11.1 Å². The van der Waals surface area contributed by atoms with Crippen LogP contribution in [0.2, 0.25) is 5.02 Å². The van der Waals surface area contributed by atoms with Crippen LogP contribution in [0.5, 0.6) is 0 Å². The van der Waals surface area contributed by atoms with E-state index in [4.69, 9.17) is 17.3 Å². The van der Waals surface area contributed by atoms with Gasteiger partial charge in [-0.1, -0.05) is 66.2 Å². The van der Waals surface area contributed by atoms with Gasteiger partial charge < -0.3 is 26.0 Å². The topological polar surface area (TPSA) is 162 Å². The molecule has 1 fully saturated rings. The quantitative estimate of drug-likeness (QED) is 0.0627. The van der Waals surface area contributed by atoms with Gasteiger partial charge in [0.05, 0.1) is 17.2 Å². The zero-order valence-corrected chi connectivity index (χ0v) is 37.5. The summed E-state index contributed by atoms with van der Waals surface area (Å²) in [7, 11) is -9.19. The number of aliphatic hydroxyl groups excluding tert-OH is 1. The van der Waals surface area contributed by atoms with Crippen molar-refractivity contribution in [2.75, 3.05) is 55.8 Å². The van der Waals surface area contributed by atoms with E-state index >= 15 is 0 Å². The van der Waals surface area contributed by atoms with Crippen LogP contribution in [0, 0.1) is 5.92 Å². The number of likely N-dealkylation sites (N-methyl/N-ethyl adjacent to an activating group) is 1. The van der Waals surface area contributed by atoms with Crippen molar-refractivity contribution in [2.45, 2.75) is 51.5 Å². The molecule has 0 aromatic heterocycles. The molecule has 1 aliphatic heterocycles. The van der Waals surface area contributed by atoms with Crippen molar-refractivity contribution in [1.82, 2.24) is 9.62 Å². The number of nitrogens with two attached hydrogens (primary N) is 1. The van der Waals surface area contributed by atoms with Gasteiger partial charge in [0.15, 0.2) is 0 Å². The first kappa shape index (κ1) is 47.8. The number of nitrogens with zero attached hydrogens (tertiary/aromatic N) is 2. The summed E-state index contributed by atoms with van der Waals surface area (Å²) in [6.07, 6.45) is 1.93. The van der Waals surface area contributed by atoms with E-state index in [1.807, 2.05) is 88.5 Å². The Labute approximate surface area is 375 Å². The fraction of sp³-hybridized carbons (Fsp3) is 0.311. The molecule has 5 aromatic rings. The van der Waals surface area contributed by atoms with Crippen LogP contribution in [-0.2, 0) is 19.9 Å². The van der Waals surface area contributed by atoms with Crippen molar-refractivity contribution in [3.63, 3.8) is 0 Å². The lowest BCUT2D eigenvalue weighted by atomic mass is 9.83. The first-order valence-corrected chi connectivity index (χ1v) is 24.5. The van der Waals surface area contributed by atoms with Gasteiger partial charge in [-0.25, -0.2) is 21.6 Å². The SMILES string of the molecule is CN(CCO)CCC(CSc1ccccc1)Nc1ccc(S(=O)(=O)NC(=O)c2ccc(N3CCC([C@@H](N)c4ccccc4-c4ccc(Cl)cc4)CC3)cc2)cc1S(=O)(=O)C(F)(F)F. The second-order valence-electron chi connectivity index (χ2n) is 15.3. The maximum Gasteiger partial charge on any atom is 0.501 e. The molecule has 1 heterocycles. The number of thioether (sulfide) groups is 1. The molecule has 0 radical (unpaired) electrons. The number of benzene rings is 5. The zero-order chi connectivity index (χ0) is 45.4. The van der Waals surface area contributed by atoms with Crippen LogP contribution in [-0.4, -0.2) is 89.9 Å². The minimum absolute atomic E-state index is 0.0376. The Kier molecular flexibility index (Phi) is 15.9. The van der Waals surface area contributed by atoms with E-state index in [0.29, 0.717) is 49.4 Å². The molecule has 1 unspecified atom stereocenters. The minimum Gasteiger partial charge on any atom is -0.395 e. The molecule has 1 saturated heterocycles. The van der Waals surface area contributed by atoms with Gasteiger partial charge in [0.2, 0.25) is 0 Å². The maximum atomic E-state index is 14.1. The molecule has 0 saturated carbocycles. The van der Waals surface area contributed by atoms with Crippen molar-refractivity contribution < 1.29 is 39.9 Å². The number of piperidine rings is 1. The van der Waals surface area contributed by atoms with Crippen LogP contribution in [0.15, 0.2) is 136 Å². The number of aliphatic hydroxyl groups is 1. The number of anilines is 2. The summed E-state index contributed by atoms with van der Waals surface area (Å²) in [6, 6.07) is 32.7. The Morgan fingerprint density at radius 1 is 0.905 bits per heavy atom. The largest absolute Gasteiger partial charge is 0.501 e. The Balaban J connectivity index is 1.14. The van der Waals surface area contributed by atoms with Crippen molar-refractivity contribution in [1.29, 1.82) is 0 Å². The molecule has 0 spiro atoms. The molecule has 63 heavy (non-hydrogen) atoms. The summed E-state index contributed by atoms with van der Waals surface area (Å²) in [6.45, 7) is 2.00. The van der Waals surface area contributed by atoms with E-state index in [1.54, 1.807) is 19.2 Å². The van der Waals surface area contributed by atoms with E-state index in [1.165, 1.54) is 23.9 Å². The standard InChI is InChI=1S/C45H49ClF3N5O6S3/c1-53(27-28-55)24-23-35(30-61-37-7-3-2-4-8-37)51-41-20-19-38(29-42(41)62(57,58)45(47,48)49)63(59,60)52-44(56)33-13-17-36(18-14-33)54-25-21-32(22-26-54)43(50)40-10-6-5-9-39(40)31-11-15-34(46)16-12-31/h2-20,29,32,35,43,51,55H,21-28,30,50H2,1H3,(H,52,56)/t35?,43-/m1/s1. The number of amides is 1. The number of rotatable bonds is 18. The number of sulfonamides is 1. The monoisotopic (exact) mass is 943 g/mol. The van der Waals surface area contributed by atoms with Crippen LogP contribution in [0.1, 0.15) is 41.2 Å². The highest BCUT2D eigenvalue weighted by Gasteiger charge is 2.48. The minimum atomic E-state index is -6.08. The Hall–Kier alpha value is -4.62. The molecule has 5 aromatic carbocycles. The fourth-order valence-corrected chi connectivity index (χ4v) is 10.6. The average molecular weight is 945 g/mol. The number of hydrogen-bond donors (Lipinski definition) is 4. The molecule has 6 rings (SSSR count). The highest BCUT2D eigenvalue weighted by Crippen LogP contribution is 2.38. The van der Waals surface area contributed by atoms with Gasteiger partial charge in [0.25, 0.3) is 25.8 Å². The lowest BCUT2D eigenvalue weighted by molar-refractivity contribution is -0.0435. The predicted octanol–water partition coefficient (Wildman–Crippen LogP) is 8.22. The van der Waals surface area contributed by atoms with Crippen molar-refractivity contribution in [2.24, 2.45) is 11.7 Å². The molecule has 2 atom stereocenters. The van der Waals surface area contributed by atoms with E-state index in [2.05, 4.69) is 10.2 Å². The van der Waals surface area contributed by atoms with Crippen LogP contribution in [0.4, 0.5) is 24.5 Å². The molecule has 0 bridgehead atoms. The van der Waals surface area contributed by atoms with Crippen molar-refractivity contribution >= 4 is 60.5 Å². The van der Waals surface area contributed by atoms with E-state index in [-0.39, 0.29) is 24.1 Å². The lowest BCUT2D eigenvalue weighted by Gasteiger charge is -2.36. The molecule has 18 heteroatoms. The second kappa shape index (κ2) is 20.9. The van der Waals surface area contributed by atoms with Crippen LogP contribution < -0.4 is 20.7 Å². The Morgan fingerprint density at radius 2 is 1.56 bits per heavy atom. The number of alkyl halides is 3. The predicted molar refractivity (Wildman–Crippen MR) is 243 cm³/mol. The number of halogens is 4. The summed E-state index contributed by atoms with van der Waals surface area (Å²) in [5.41, 5.74) is 4.54. The molecular formula is C45H49ClF3N5O6S3. The van der Waals surface area contributed by atoms with Crippen LogP contribution >= 0.6 is 23.4 Å². The molecule has 5 N–H and O–H groups in total. The number of sulfone groups is 1. The van der Waals surface area contributed by atoms with Gasteiger partial charge in [-0.3, -0.25) is 4.79 Å². The maximum absolute atomic E-state index is 14.1. The Bertz CT molecular complexity index is 2550. The summed E-state index contributed by atoms with van der Waals surface area (Å²) in [4.78, 5) is 16.0. The average Bonchev–Trinajstić information content (AvgIpc) is 3.27. The number of carbonyl (C=O) groups excluding carboxylic acids is 1. The number of nitrogens with one attached hydrogen (secondary N) is 2. The molecule has 0 aliphatic carbocycles. The normalized spacial score (nSPS) is 15.0. The van der Waals surface area contributed by atoms with E-state index < -0.39 is 52.8 Å². The number of hydrogen-bond acceptors (Lipinski definition) is 11. The van der Waals surface area contributed by atoms with Gasteiger partial charge >= 0.3 is 5.51 Å². The summed E-state index contributed by atoms with van der Waals surface area (Å²) < 4.78 is 97.1. The first-order valence-electron chi connectivity index (χ1n) is 20.2. The third-order valence-corrected chi connectivity index (χ3v) is 15.3. The fourth-order valence-electron chi connectivity index (χ4n) is 7.44. The zero-order valence-electron chi connectivity index (χ0n) is 34.3. The van der Waals surface area contributed by atoms with Crippen molar-refractivity contribution in [3.8, 4) is 11.1 Å². The Morgan fingerprint density at radius 3 is 2.21 bits per heavy atom. The van der Waals surface area contributed by atoms with E-state index in [0.717, 1.165) is 52.2 Å². The third kappa shape index (κ3) is 12.1. The van der Waals surface area contributed by atoms with Gasteiger partial charge in [-0.05, 0) is 122 Å². The molecule has 1 aliphatic rings. The second-order valence-corrected chi connectivity index (χ2v) is 20.4. The highest BCUT2D eigenvalue weighted by molar-refractivity contribution is 7.99. The highest BCUT2D eigenvalue weighted by atomic mass is 35.5.